The lowest BCUT2D eigenvalue weighted by Gasteiger charge is -2.20. The maximum Gasteiger partial charge on any atom is 0.266 e. The van der Waals surface area contributed by atoms with Crippen molar-refractivity contribution in [2.75, 3.05) is 11.4 Å². The van der Waals surface area contributed by atoms with E-state index in [1.165, 1.54) is 15.6 Å². The molecule has 7 heteroatoms. The van der Waals surface area contributed by atoms with Crippen LogP contribution in [0, 0.1) is 6.92 Å². The van der Waals surface area contributed by atoms with Crippen LogP contribution in [0.3, 0.4) is 0 Å². The minimum absolute atomic E-state index is 0.258. The van der Waals surface area contributed by atoms with Gasteiger partial charge in [0, 0.05) is 18.5 Å². The number of rotatable bonds is 4. The molecule has 1 heterocycles. The molecule has 1 aromatic heterocycles. The molecular weight excluding hydrogens is 360 g/mol. The lowest BCUT2D eigenvalue weighted by Crippen LogP contribution is -2.27. The monoisotopic (exact) mass is 374 g/mol. The number of anilines is 1. The van der Waals surface area contributed by atoms with Gasteiger partial charge >= 0.3 is 0 Å². The Labute approximate surface area is 131 Å². The van der Waals surface area contributed by atoms with Gasteiger partial charge in [0.2, 0.25) is 0 Å². The predicted octanol–water partition coefficient (Wildman–Crippen LogP) is 3.10. The second kappa shape index (κ2) is 5.85. The molecule has 20 heavy (non-hydrogen) atoms. The van der Waals surface area contributed by atoms with Gasteiger partial charge in [0.05, 0.1) is 9.47 Å². The van der Waals surface area contributed by atoms with E-state index in [2.05, 4.69) is 15.9 Å². The normalized spacial score (nSPS) is 11.6. The van der Waals surface area contributed by atoms with Crippen LogP contribution in [0.15, 0.2) is 39.0 Å². The number of sulfonamides is 1. The molecule has 0 aliphatic rings. The molecule has 1 aromatic carbocycles. The van der Waals surface area contributed by atoms with Crippen molar-refractivity contribution in [1.82, 2.24) is 0 Å². The zero-order valence-electron chi connectivity index (χ0n) is 11.1. The van der Waals surface area contributed by atoms with Crippen molar-refractivity contribution < 1.29 is 8.42 Å². The van der Waals surface area contributed by atoms with E-state index in [0.29, 0.717) is 16.0 Å². The highest BCUT2D eigenvalue weighted by Crippen LogP contribution is 2.35. The van der Waals surface area contributed by atoms with Crippen LogP contribution in [0.2, 0.25) is 0 Å². The van der Waals surface area contributed by atoms with Gasteiger partial charge in [-0.05, 0) is 40.5 Å². The third-order valence-electron chi connectivity index (χ3n) is 3.00. The molecule has 2 aromatic rings. The number of hydrogen-bond acceptors (Lipinski definition) is 4. The Morgan fingerprint density at radius 1 is 1.35 bits per heavy atom. The van der Waals surface area contributed by atoms with E-state index in [9.17, 15) is 8.42 Å². The average Bonchev–Trinajstić information content (AvgIpc) is 2.80. The summed E-state index contributed by atoms with van der Waals surface area (Å²) in [7, 11) is -2.03. The SMILES string of the molecule is Cc1ccccc1N(C)S(=O)(=O)c1cc(CN)sc1Br. The van der Waals surface area contributed by atoms with Gasteiger partial charge in [-0.3, -0.25) is 4.31 Å². The molecule has 0 aliphatic heterocycles. The highest BCUT2D eigenvalue weighted by Gasteiger charge is 2.26. The Bertz CT molecular complexity index is 726. The Hall–Kier alpha value is -0.890. The standard InChI is InChI=1S/C13H15BrN2O2S2/c1-9-5-3-4-6-11(9)16(2)20(17,18)12-7-10(8-15)19-13(12)14/h3-7H,8,15H2,1-2H3. The first kappa shape index (κ1) is 15.5. The maximum atomic E-state index is 12.7. The third-order valence-corrected chi connectivity index (χ3v) is 7.05. The van der Waals surface area contributed by atoms with E-state index in [1.54, 1.807) is 19.2 Å². The molecule has 0 fully saturated rings. The van der Waals surface area contributed by atoms with E-state index >= 15 is 0 Å². The number of halogens is 1. The quantitative estimate of drug-likeness (QED) is 0.893. The largest absolute Gasteiger partial charge is 0.326 e. The van der Waals surface area contributed by atoms with Crippen molar-refractivity contribution in [1.29, 1.82) is 0 Å². The van der Waals surface area contributed by atoms with Crippen LogP contribution in [-0.4, -0.2) is 15.5 Å². The smallest absolute Gasteiger partial charge is 0.266 e. The summed E-state index contributed by atoms with van der Waals surface area (Å²) in [5.74, 6) is 0. The van der Waals surface area contributed by atoms with E-state index in [4.69, 9.17) is 5.73 Å². The number of para-hydroxylation sites is 1. The molecule has 0 radical (unpaired) electrons. The van der Waals surface area contributed by atoms with Gasteiger partial charge in [0.1, 0.15) is 4.90 Å². The van der Waals surface area contributed by atoms with Crippen LogP contribution in [0.25, 0.3) is 0 Å². The summed E-state index contributed by atoms with van der Waals surface area (Å²) >= 11 is 4.65. The molecule has 0 spiro atoms. The first-order chi connectivity index (χ1) is 9.37. The van der Waals surface area contributed by atoms with Gasteiger partial charge in [0.25, 0.3) is 10.0 Å². The van der Waals surface area contributed by atoms with Crippen molar-refractivity contribution in [3.63, 3.8) is 0 Å². The van der Waals surface area contributed by atoms with Crippen molar-refractivity contribution in [3.05, 3.63) is 44.6 Å². The first-order valence-electron chi connectivity index (χ1n) is 5.90. The van der Waals surface area contributed by atoms with E-state index < -0.39 is 10.0 Å². The van der Waals surface area contributed by atoms with Crippen LogP contribution in [0.4, 0.5) is 5.69 Å². The Morgan fingerprint density at radius 3 is 2.55 bits per heavy atom. The fourth-order valence-electron chi connectivity index (χ4n) is 1.87. The predicted molar refractivity (Wildman–Crippen MR) is 86.7 cm³/mol. The van der Waals surface area contributed by atoms with Crippen LogP contribution >= 0.6 is 27.3 Å². The number of nitrogens with two attached hydrogens (primary N) is 1. The topological polar surface area (TPSA) is 63.4 Å². The fourth-order valence-corrected chi connectivity index (χ4v) is 5.64. The van der Waals surface area contributed by atoms with E-state index in [-0.39, 0.29) is 4.90 Å². The van der Waals surface area contributed by atoms with Crippen LogP contribution in [-0.2, 0) is 16.6 Å². The molecule has 4 nitrogen and oxygen atoms in total. The Kier molecular flexibility index (Phi) is 4.53. The third kappa shape index (κ3) is 2.76. The van der Waals surface area contributed by atoms with E-state index in [1.807, 2.05) is 25.1 Å². The maximum absolute atomic E-state index is 12.7. The minimum Gasteiger partial charge on any atom is -0.326 e. The van der Waals surface area contributed by atoms with Crippen LogP contribution in [0.5, 0.6) is 0 Å². The summed E-state index contributed by atoms with van der Waals surface area (Å²) < 4.78 is 27.3. The van der Waals surface area contributed by atoms with Gasteiger partial charge in [-0.1, -0.05) is 18.2 Å². The van der Waals surface area contributed by atoms with Crippen molar-refractivity contribution in [2.45, 2.75) is 18.4 Å². The second-order valence-corrected chi connectivity index (χ2v) is 8.71. The van der Waals surface area contributed by atoms with Gasteiger partial charge in [-0.25, -0.2) is 8.42 Å². The van der Waals surface area contributed by atoms with Crippen LogP contribution < -0.4 is 10.0 Å². The van der Waals surface area contributed by atoms with Gasteiger partial charge in [0.15, 0.2) is 0 Å². The summed E-state index contributed by atoms with van der Waals surface area (Å²) in [6.45, 7) is 2.21. The summed E-state index contributed by atoms with van der Waals surface area (Å²) in [4.78, 5) is 1.09. The summed E-state index contributed by atoms with van der Waals surface area (Å²) in [6.07, 6.45) is 0. The van der Waals surface area contributed by atoms with Crippen molar-refractivity contribution >= 4 is 43.0 Å². The van der Waals surface area contributed by atoms with Crippen molar-refractivity contribution in [3.8, 4) is 0 Å². The highest BCUT2D eigenvalue weighted by molar-refractivity contribution is 9.11. The molecule has 0 amide bonds. The second-order valence-electron chi connectivity index (χ2n) is 4.31. The molecule has 0 aliphatic carbocycles. The van der Waals surface area contributed by atoms with Gasteiger partial charge < -0.3 is 5.73 Å². The van der Waals surface area contributed by atoms with Gasteiger partial charge in [-0.15, -0.1) is 11.3 Å². The zero-order valence-corrected chi connectivity index (χ0v) is 14.3. The zero-order chi connectivity index (χ0) is 14.9. The average molecular weight is 375 g/mol. The molecule has 108 valence electrons. The molecule has 2 rings (SSSR count). The highest BCUT2D eigenvalue weighted by atomic mass is 79.9. The fraction of sp³-hybridized carbons (Fsp3) is 0.231. The number of aryl methyl sites for hydroxylation is 1. The Morgan fingerprint density at radius 2 is 2.00 bits per heavy atom. The number of benzene rings is 1. The summed E-state index contributed by atoms with van der Waals surface area (Å²) in [5, 5.41) is 0. The lowest BCUT2D eigenvalue weighted by atomic mass is 10.2. The summed E-state index contributed by atoms with van der Waals surface area (Å²) in [6, 6.07) is 9.00. The molecule has 0 bridgehead atoms. The summed E-state index contributed by atoms with van der Waals surface area (Å²) in [5.41, 5.74) is 7.14. The number of nitrogens with zero attached hydrogens (tertiary/aromatic N) is 1. The van der Waals surface area contributed by atoms with E-state index in [0.717, 1.165) is 10.4 Å². The lowest BCUT2D eigenvalue weighted by molar-refractivity contribution is 0.594. The molecule has 0 saturated heterocycles. The minimum atomic E-state index is -3.59. The van der Waals surface area contributed by atoms with Crippen molar-refractivity contribution in [2.24, 2.45) is 5.73 Å². The number of hydrogen-bond donors (Lipinski definition) is 1. The molecular formula is C13H15BrN2O2S2. The first-order valence-corrected chi connectivity index (χ1v) is 8.95. The van der Waals surface area contributed by atoms with Crippen LogP contribution in [0.1, 0.15) is 10.4 Å². The molecule has 0 atom stereocenters. The molecule has 2 N–H and O–H groups in total. The number of thiophene rings is 1. The Balaban J connectivity index is 2.49. The van der Waals surface area contributed by atoms with Gasteiger partial charge in [-0.2, -0.15) is 0 Å². The molecule has 0 saturated carbocycles. The molecule has 0 unspecified atom stereocenters.